The van der Waals surface area contributed by atoms with Crippen LogP contribution in [0.5, 0.6) is 5.19 Å². The van der Waals surface area contributed by atoms with Gasteiger partial charge in [-0.05, 0) is 11.4 Å². The van der Waals surface area contributed by atoms with Crippen LogP contribution in [0.2, 0.25) is 0 Å². The fourth-order valence-electron chi connectivity index (χ4n) is 0.983. The summed E-state index contributed by atoms with van der Waals surface area (Å²) in [7, 11) is 1.61. The molecule has 0 aromatic carbocycles. The molecular formula is C8H8N2OS2. The van der Waals surface area contributed by atoms with Gasteiger partial charge in [-0.3, -0.25) is 0 Å². The molecule has 0 radical (unpaired) electrons. The Hall–Kier alpha value is -1.07. The van der Waals surface area contributed by atoms with Crippen LogP contribution in [-0.4, -0.2) is 12.1 Å². The maximum Gasteiger partial charge on any atom is 0.273 e. The van der Waals surface area contributed by atoms with Crippen LogP contribution >= 0.6 is 22.7 Å². The molecule has 2 heterocycles. The van der Waals surface area contributed by atoms with E-state index in [1.165, 1.54) is 11.3 Å². The quantitative estimate of drug-likeness (QED) is 0.831. The van der Waals surface area contributed by atoms with Gasteiger partial charge in [0.05, 0.1) is 23.4 Å². The first-order valence-corrected chi connectivity index (χ1v) is 5.40. The molecule has 0 spiro atoms. The summed E-state index contributed by atoms with van der Waals surface area (Å²) in [5, 5.41) is 4.57. The van der Waals surface area contributed by atoms with Crippen molar-refractivity contribution >= 4 is 28.4 Å². The summed E-state index contributed by atoms with van der Waals surface area (Å²) in [5.41, 5.74) is 7.43. The monoisotopic (exact) mass is 212 g/mol. The van der Waals surface area contributed by atoms with E-state index >= 15 is 0 Å². The molecule has 2 N–H and O–H groups in total. The number of anilines is 1. The standard InChI is InChI=1S/C8H8N2OS2/c1-11-8-10-6(4-13-8)7-5(9)2-3-12-7/h2-4H,9H2,1H3. The lowest BCUT2D eigenvalue weighted by Crippen LogP contribution is -1.84. The first-order valence-electron chi connectivity index (χ1n) is 3.64. The van der Waals surface area contributed by atoms with E-state index in [0.29, 0.717) is 5.19 Å². The van der Waals surface area contributed by atoms with Crippen molar-refractivity contribution < 1.29 is 4.74 Å². The Morgan fingerprint density at radius 1 is 1.46 bits per heavy atom. The molecule has 0 unspecified atom stereocenters. The summed E-state index contributed by atoms with van der Waals surface area (Å²) < 4.78 is 5.00. The van der Waals surface area contributed by atoms with Crippen molar-refractivity contribution in [2.45, 2.75) is 0 Å². The van der Waals surface area contributed by atoms with Crippen molar-refractivity contribution in [3.05, 3.63) is 16.8 Å². The van der Waals surface area contributed by atoms with Crippen LogP contribution in [0.15, 0.2) is 16.8 Å². The van der Waals surface area contributed by atoms with Crippen LogP contribution in [0.3, 0.4) is 0 Å². The number of nitrogen functional groups attached to an aromatic ring is 1. The SMILES string of the molecule is COc1nc(-c2sccc2N)cs1. The number of thiazole rings is 1. The van der Waals surface area contributed by atoms with Gasteiger partial charge in [-0.15, -0.1) is 11.3 Å². The summed E-state index contributed by atoms with van der Waals surface area (Å²) in [6, 6.07) is 1.88. The van der Waals surface area contributed by atoms with Crippen molar-refractivity contribution in [3.8, 4) is 15.8 Å². The Balaban J connectivity index is 2.41. The predicted octanol–water partition coefficient (Wildman–Crippen LogP) is 2.46. The van der Waals surface area contributed by atoms with E-state index in [9.17, 15) is 0 Å². The normalized spacial score (nSPS) is 10.2. The number of methoxy groups -OCH3 is 1. The first kappa shape index (κ1) is 8.52. The van der Waals surface area contributed by atoms with E-state index in [0.717, 1.165) is 16.3 Å². The van der Waals surface area contributed by atoms with Gasteiger partial charge in [-0.25, -0.2) is 4.98 Å². The highest BCUT2D eigenvalue weighted by Crippen LogP contribution is 2.33. The maximum absolute atomic E-state index is 5.76. The molecule has 2 aromatic rings. The van der Waals surface area contributed by atoms with Crippen molar-refractivity contribution in [1.29, 1.82) is 0 Å². The second-order valence-corrected chi connectivity index (χ2v) is 4.14. The van der Waals surface area contributed by atoms with Gasteiger partial charge in [0.25, 0.3) is 5.19 Å². The largest absolute Gasteiger partial charge is 0.473 e. The summed E-state index contributed by atoms with van der Waals surface area (Å²) in [6.45, 7) is 0. The number of rotatable bonds is 2. The van der Waals surface area contributed by atoms with Gasteiger partial charge in [0.15, 0.2) is 0 Å². The van der Waals surface area contributed by atoms with E-state index in [1.54, 1.807) is 18.4 Å². The third-order valence-corrected chi connectivity index (χ3v) is 3.34. The number of thiophene rings is 1. The predicted molar refractivity (Wildman–Crippen MR) is 56.4 cm³/mol. The second-order valence-electron chi connectivity index (χ2n) is 2.41. The Kier molecular flexibility index (Phi) is 2.20. The molecule has 0 aliphatic rings. The molecule has 0 aliphatic carbocycles. The summed E-state index contributed by atoms with van der Waals surface area (Å²) in [5.74, 6) is 0. The number of hydrogen-bond acceptors (Lipinski definition) is 5. The van der Waals surface area contributed by atoms with Crippen molar-refractivity contribution in [3.63, 3.8) is 0 Å². The topological polar surface area (TPSA) is 48.1 Å². The molecule has 3 nitrogen and oxygen atoms in total. The van der Waals surface area contributed by atoms with Crippen LogP contribution in [0.1, 0.15) is 0 Å². The maximum atomic E-state index is 5.76. The third kappa shape index (κ3) is 1.52. The van der Waals surface area contributed by atoms with Crippen molar-refractivity contribution in [2.24, 2.45) is 0 Å². The number of ether oxygens (including phenoxy) is 1. The molecular weight excluding hydrogens is 204 g/mol. The molecule has 5 heteroatoms. The van der Waals surface area contributed by atoms with Crippen LogP contribution in [0.4, 0.5) is 5.69 Å². The fraction of sp³-hybridized carbons (Fsp3) is 0.125. The summed E-state index contributed by atoms with van der Waals surface area (Å²) >= 11 is 3.06. The van der Waals surface area contributed by atoms with E-state index in [4.69, 9.17) is 10.5 Å². The minimum Gasteiger partial charge on any atom is -0.473 e. The van der Waals surface area contributed by atoms with E-state index in [-0.39, 0.29) is 0 Å². The third-order valence-electron chi connectivity index (χ3n) is 1.59. The number of aromatic nitrogens is 1. The zero-order valence-electron chi connectivity index (χ0n) is 6.98. The minimum atomic E-state index is 0.669. The highest BCUT2D eigenvalue weighted by Gasteiger charge is 2.08. The van der Waals surface area contributed by atoms with Crippen molar-refractivity contribution in [1.82, 2.24) is 4.98 Å². The number of hydrogen-bond donors (Lipinski definition) is 1. The van der Waals surface area contributed by atoms with Crippen LogP contribution in [0, 0.1) is 0 Å². The van der Waals surface area contributed by atoms with Gasteiger partial charge >= 0.3 is 0 Å². The summed E-state index contributed by atoms with van der Waals surface area (Å²) in [6.07, 6.45) is 0. The molecule has 68 valence electrons. The Morgan fingerprint density at radius 3 is 2.85 bits per heavy atom. The zero-order valence-corrected chi connectivity index (χ0v) is 8.61. The molecule has 0 bridgehead atoms. The van der Waals surface area contributed by atoms with Crippen LogP contribution < -0.4 is 10.5 Å². The smallest absolute Gasteiger partial charge is 0.273 e. The highest BCUT2D eigenvalue weighted by molar-refractivity contribution is 7.15. The molecule has 0 saturated heterocycles. The Morgan fingerprint density at radius 2 is 2.31 bits per heavy atom. The van der Waals surface area contributed by atoms with Gasteiger partial charge < -0.3 is 10.5 Å². The van der Waals surface area contributed by atoms with E-state index in [2.05, 4.69) is 4.98 Å². The Bertz CT molecular complexity index is 408. The second kappa shape index (κ2) is 3.35. The van der Waals surface area contributed by atoms with E-state index in [1.807, 2.05) is 16.8 Å². The van der Waals surface area contributed by atoms with Gasteiger partial charge in [0.2, 0.25) is 0 Å². The molecule has 2 aromatic heterocycles. The lowest BCUT2D eigenvalue weighted by atomic mass is 10.3. The average Bonchev–Trinajstić information content (AvgIpc) is 2.71. The molecule has 0 saturated carbocycles. The average molecular weight is 212 g/mol. The van der Waals surface area contributed by atoms with Crippen LogP contribution in [-0.2, 0) is 0 Å². The van der Waals surface area contributed by atoms with E-state index < -0.39 is 0 Å². The van der Waals surface area contributed by atoms with Gasteiger partial charge in [0.1, 0.15) is 0 Å². The first-order chi connectivity index (χ1) is 6.31. The van der Waals surface area contributed by atoms with Crippen molar-refractivity contribution in [2.75, 3.05) is 12.8 Å². The number of nitrogens with zero attached hydrogens (tertiary/aromatic N) is 1. The lowest BCUT2D eigenvalue weighted by molar-refractivity contribution is 0.412. The summed E-state index contributed by atoms with van der Waals surface area (Å²) in [4.78, 5) is 5.27. The number of nitrogens with two attached hydrogens (primary N) is 1. The highest BCUT2D eigenvalue weighted by atomic mass is 32.1. The minimum absolute atomic E-state index is 0.669. The fourth-order valence-corrected chi connectivity index (χ4v) is 2.47. The van der Waals surface area contributed by atoms with Gasteiger partial charge in [0, 0.05) is 5.38 Å². The molecule has 0 aliphatic heterocycles. The molecule has 0 atom stereocenters. The molecule has 0 amide bonds. The molecule has 13 heavy (non-hydrogen) atoms. The van der Waals surface area contributed by atoms with Crippen LogP contribution in [0.25, 0.3) is 10.6 Å². The Labute approximate surface area is 83.8 Å². The van der Waals surface area contributed by atoms with Gasteiger partial charge in [-0.2, -0.15) is 0 Å². The molecule has 0 fully saturated rings. The lowest BCUT2D eigenvalue weighted by Gasteiger charge is -1.92. The van der Waals surface area contributed by atoms with Gasteiger partial charge in [-0.1, -0.05) is 11.3 Å². The zero-order chi connectivity index (χ0) is 9.26. The molecule has 2 rings (SSSR count).